The van der Waals surface area contributed by atoms with Crippen LogP contribution in [0, 0.1) is 3.57 Å². The topological polar surface area (TPSA) is 26.0 Å². The molecule has 0 fully saturated rings. The molecule has 1 aromatic heterocycles. The van der Waals surface area contributed by atoms with Crippen molar-refractivity contribution >= 4 is 49.9 Å². The number of rotatable bonds is 2. The molecule has 1 aromatic carbocycles. The number of hydrogen-bond donors (Lipinski definition) is 1. The smallest absolute Gasteiger partial charge is 0.0657 e. The Morgan fingerprint density at radius 2 is 1.89 bits per heavy atom. The van der Waals surface area contributed by atoms with Crippen LogP contribution in [-0.4, -0.2) is 0 Å². The first kappa shape index (κ1) is 15.5. The van der Waals surface area contributed by atoms with Crippen molar-refractivity contribution in [2.45, 2.75) is 32.2 Å². The highest BCUT2D eigenvalue weighted by Gasteiger charge is 2.20. The Bertz CT molecular complexity index is 586. The van der Waals surface area contributed by atoms with Gasteiger partial charge in [0.25, 0.3) is 0 Å². The Morgan fingerprint density at radius 3 is 2.47 bits per heavy atom. The summed E-state index contributed by atoms with van der Waals surface area (Å²) >= 11 is 7.72. The van der Waals surface area contributed by atoms with E-state index in [2.05, 4.69) is 89.6 Å². The SMILES string of the molecule is CC(C)(C)c1ccc(C(N)c2cc(I)ccc2Br)s1. The van der Waals surface area contributed by atoms with Crippen LogP contribution in [-0.2, 0) is 5.41 Å². The predicted molar refractivity (Wildman–Crippen MR) is 95.9 cm³/mol. The van der Waals surface area contributed by atoms with Crippen LogP contribution in [0.4, 0.5) is 0 Å². The molecule has 4 heteroatoms. The van der Waals surface area contributed by atoms with E-state index in [9.17, 15) is 0 Å². The molecule has 0 aliphatic heterocycles. The molecule has 2 rings (SSSR count). The largest absolute Gasteiger partial charge is 0.320 e. The highest BCUT2D eigenvalue weighted by Crippen LogP contribution is 2.35. The summed E-state index contributed by atoms with van der Waals surface area (Å²) in [6, 6.07) is 10.6. The average molecular weight is 450 g/mol. The zero-order valence-electron chi connectivity index (χ0n) is 11.2. The van der Waals surface area contributed by atoms with Crippen molar-refractivity contribution in [2.24, 2.45) is 5.73 Å². The van der Waals surface area contributed by atoms with E-state index in [1.807, 2.05) is 11.3 Å². The van der Waals surface area contributed by atoms with Gasteiger partial charge in [-0.2, -0.15) is 0 Å². The molecule has 1 heterocycles. The Kier molecular flexibility index (Phi) is 4.75. The summed E-state index contributed by atoms with van der Waals surface area (Å²) in [7, 11) is 0. The second-order valence-electron chi connectivity index (χ2n) is 5.60. The predicted octanol–water partition coefficient (Wildman–Crippen LogP) is 5.46. The van der Waals surface area contributed by atoms with Crippen molar-refractivity contribution < 1.29 is 0 Å². The summed E-state index contributed by atoms with van der Waals surface area (Å²) in [5.74, 6) is 0. The van der Waals surface area contributed by atoms with Gasteiger partial charge >= 0.3 is 0 Å². The van der Waals surface area contributed by atoms with E-state index < -0.39 is 0 Å². The highest BCUT2D eigenvalue weighted by molar-refractivity contribution is 14.1. The lowest BCUT2D eigenvalue weighted by atomic mass is 9.95. The monoisotopic (exact) mass is 449 g/mol. The maximum Gasteiger partial charge on any atom is 0.0657 e. The number of hydrogen-bond acceptors (Lipinski definition) is 2. The van der Waals surface area contributed by atoms with Crippen LogP contribution in [0.3, 0.4) is 0 Å². The van der Waals surface area contributed by atoms with Gasteiger partial charge in [-0.25, -0.2) is 0 Å². The molecule has 0 saturated heterocycles. The van der Waals surface area contributed by atoms with E-state index in [4.69, 9.17) is 5.73 Å². The van der Waals surface area contributed by atoms with Gasteiger partial charge < -0.3 is 5.73 Å². The summed E-state index contributed by atoms with van der Waals surface area (Å²) in [6.07, 6.45) is 0. The number of benzene rings is 1. The molecule has 1 nitrogen and oxygen atoms in total. The van der Waals surface area contributed by atoms with Gasteiger partial charge in [0.2, 0.25) is 0 Å². The van der Waals surface area contributed by atoms with Crippen molar-refractivity contribution in [2.75, 3.05) is 0 Å². The molecule has 1 atom stereocenters. The summed E-state index contributed by atoms with van der Waals surface area (Å²) in [5, 5.41) is 0. The molecule has 2 N–H and O–H groups in total. The third-order valence-corrected chi connectivity index (χ3v) is 5.95. The lowest BCUT2D eigenvalue weighted by molar-refractivity contribution is 0.604. The first-order valence-corrected chi connectivity index (χ1v) is 8.78. The summed E-state index contributed by atoms with van der Waals surface area (Å²) in [5.41, 5.74) is 7.75. The average Bonchev–Trinajstić information content (AvgIpc) is 2.80. The third-order valence-electron chi connectivity index (χ3n) is 2.97. The van der Waals surface area contributed by atoms with E-state index in [0.29, 0.717) is 0 Å². The second-order valence-corrected chi connectivity index (χ2v) is 8.81. The molecular weight excluding hydrogens is 433 g/mol. The fraction of sp³-hybridized carbons (Fsp3) is 0.333. The second kappa shape index (κ2) is 5.84. The fourth-order valence-electron chi connectivity index (χ4n) is 1.83. The van der Waals surface area contributed by atoms with E-state index in [1.165, 1.54) is 13.3 Å². The van der Waals surface area contributed by atoms with Gasteiger partial charge in [0, 0.05) is 17.8 Å². The van der Waals surface area contributed by atoms with E-state index in [0.717, 1.165) is 10.0 Å². The fourth-order valence-corrected chi connectivity index (χ4v) is 3.92. The van der Waals surface area contributed by atoms with Crippen molar-refractivity contribution in [3.63, 3.8) is 0 Å². The zero-order chi connectivity index (χ0) is 14.2. The van der Waals surface area contributed by atoms with Crippen LogP contribution in [0.25, 0.3) is 0 Å². The van der Waals surface area contributed by atoms with Crippen LogP contribution in [0.5, 0.6) is 0 Å². The van der Waals surface area contributed by atoms with Crippen LogP contribution in [0.2, 0.25) is 0 Å². The van der Waals surface area contributed by atoms with Crippen molar-refractivity contribution in [3.8, 4) is 0 Å². The minimum atomic E-state index is -0.0646. The minimum Gasteiger partial charge on any atom is -0.320 e. The first-order valence-electron chi connectivity index (χ1n) is 6.10. The summed E-state index contributed by atoms with van der Waals surface area (Å²) in [6.45, 7) is 6.69. The molecule has 0 radical (unpaired) electrons. The van der Waals surface area contributed by atoms with Gasteiger partial charge in [0.15, 0.2) is 0 Å². The lowest BCUT2D eigenvalue weighted by Crippen LogP contribution is -2.11. The quantitative estimate of drug-likeness (QED) is 0.605. The highest BCUT2D eigenvalue weighted by atomic mass is 127. The maximum absolute atomic E-state index is 6.42. The number of halogens is 2. The molecule has 0 spiro atoms. The van der Waals surface area contributed by atoms with Gasteiger partial charge in [-0.3, -0.25) is 0 Å². The zero-order valence-corrected chi connectivity index (χ0v) is 15.8. The Labute approximate surface area is 140 Å². The minimum absolute atomic E-state index is 0.0646. The van der Waals surface area contributed by atoms with Crippen LogP contribution in [0.15, 0.2) is 34.8 Å². The van der Waals surface area contributed by atoms with E-state index in [1.54, 1.807) is 0 Å². The van der Waals surface area contributed by atoms with Gasteiger partial charge in [0.05, 0.1) is 6.04 Å². The number of nitrogens with two attached hydrogens (primary N) is 1. The maximum atomic E-state index is 6.42. The van der Waals surface area contributed by atoms with Crippen molar-refractivity contribution in [1.29, 1.82) is 0 Å². The molecule has 19 heavy (non-hydrogen) atoms. The Balaban J connectivity index is 2.36. The van der Waals surface area contributed by atoms with E-state index >= 15 is 0 Å². The summed E-state index contributed by atoms with van der Waals surface area (Å²) in [4.78, 5) is 2.59. The van der Waals surface area contributed by atoms with Gasteiger partial charge in [-0.1, -0.05) is 36.7 Å². The normalized spacial score (nSPS) is 13.6. The van der Waals surface area contributed by atoms with Gasteiger partial charge in [-0.05, 0) is 63.9 Å². The summed E-state index contributed by atoms with van der Waals surface area (Å²) < 4.78 is 2.28. The lowest BCUT2D eigenvalue weighted by Gasteiger charge is -2.16. The Hall–Kier alpha value is 0.0900. The standard InChI is InChI=1S/C15H17BrINS/c1-15(2,3)13-7-6-12(19-13)14(18)10-8-9(17)4-5-11(10)16/h4-8,14H,18H2,1-3H3. The molecule has 0 aliphatic carbocycles. The molecular formula is C15H17BrINS. The first-order chi connectivity index (χ1) is 8.79. The molecule has 2 aromatic rings. The molecule has 0 amide bonds. The number of thiophene rings is 1. The van der Waals surface area contributed by atoms with Gasteiger partial charge in [0.1, 0.15) is 0 Å². The van der Waals surface area contributed by atoms with E-state index in [-0.39, 0.29) is 11.5 Å². The van der Waals surface area contributed by atoms with Crippen molar-refractivity contribution in [3.05, 3.63) is 53.7 Å². The molecule has 0 saturated carbocycles. The third kappa shape index (κ3) is 3.60. The van der Waals surface area contributed by atoms with Crippen molar-refractivity contribution in [1.82, 2.24) is 0 Å². The molecule has 102 valence electrons. The van der Waals surface area contributed by atoms with Gasteiger partial charge in [-0.15, -0.1) is 11.3 Å². The van der Waals surface area contributed by atoms with Crippen LogP contribution >= 0.6 is 49.9 Å². The molecule has 1 unspecified atom stereocenters. The van der Waals surface area contributed by atoms with Crippen LogP contribution in [0.1, 0.15) is 42.1 Å². The molecule has 0 aliphatic rings. The van der Waals surface area contributed by atoms with Crippen LogP contribution < -0.4 is 5.73 Å². The Morgan fingerprint density at radius 1 is 1.21 bits per heavy atom. The molecule has 0 bridgehead atoms.